The summed E-state index contributed by atoms with van der Waals surface area (Å²) in [5, 5.41) is 12.6. The summed E-state index contributed by atoms with van der Waals surface area (Å²) >= 11 is 7.40. The summed E-state index contributed by atoms with van der Waals surface area (Å²) in [7, 11) is 0. The summed E-state index contributed by atoms with van der Waals surface area (Å²) in [5.41, 5.74) is 2.86. The van der Waals surface area contributed by atoms with Gasteiger partial charge in [0.15, 0.2) is 0 Å². The lowest BCUT2D eigenvalue weighted by atomic mass is 10.1. The number of halogens is 1. The molecule has 0 aliphatic heterocycles. The fourth-order valence-corrected chi connectivity index (χ4v) is 3.22. The van der Waals surface area contributed by atoms with Crippen LogP contribution in [0.1, 0.15) is 17.1 Å². The highest BCUT2D eigenvalue weighted by Crippen LogP contribution is 2.25. The zero-order valence-corrected chi connectivity index (χ0v) is 15.7. The number of aromatic amines is 1. The summed E-state index contributed by atoms with van der Waals surface area (Å²) in [6.45, 7) is 0. The highest BCUT2D eigenvalue weighted by Gasteiger charge is 2.09. The van der Waals surface area contributed by atoms with Crippen LogP contribution in [-0.2, 0) is 5.75 Å². The number of H-pyrrole nitrogens is 1. The molecule has 0 aliphatic carbocycles. The number of hydrogen-bond donors (Lipinski definition) is 1. The molecule has 27 heavy (non-hydrogen) atoms. The van der Waals surface area contributed by atoms with Crippen LogP contribution in [0.2, 0.25) is 5.02 Å². The first-order valence-electron chi connectivity index (χ1n) is 8.26. The van der Waals surface area contributed by atoms with E-state index >= 15 is 0 Å². The zero-order valence-electron chi connectivity index (χ0n) is 14.2. The van der Waals surface area contributed by atoms with Gasteiger partial charge in [0, 0.05) is 16.7 Å². The molecule has 0 atom stereocenters. The van der Waals surface area contributed by atoms with E-state index in [4.69, 9.17) is 16.1 Å². The molecule has 4 aromatic rings. The topological polar surface area (TPSA) is 67.6 Å². The second kappa shape index (κ2) is 8.24. The van der Waals surface area contributed by atoms with Crippen LogP contribution in [-0.4, -0.2) is 20.3 Å². The Labute approximate surface area is 165 Å². The number of nitrogens with one attached hydrogen (secondary N) is 1. The normalized spacial score (nSPS) is 11.3. The third-order valence-corrected chi connectivity index (χ3v) is 4.88. The Bertz CT molecular complexity index is 1040. The summed E-state index contributed by atoms with van der Waals surface area (Å²) in [5.74, 6) is 2.07. The molecule has 2 aromatic carbocycles. The average Bonchev–Trinajstić information content (AvgIpc) is 3.36. The Kier molecular flexibility index (Phi) is 5.37. The summed E-state index contributed by atoms with van der Waals surface area (Å²) in [6, 6.07) is 19.5. The number of hydrogen-bond acceptors (Lipinski definition) is 5. The van der Waals surface area contributed by atoms with Gasteiger partial charge in [-0.1, -0.05) is 77.1 Å². The largest absolute Gasteiger partial charge is 0.360 e. The minimum atomic E-state index is 0.598. The molecule has 134 valence electrons. The SMILES string of the molecule is Clc1ccc(-c2cc(CSc3n[nH]c(/C=C/c4ccccc4)n3)on2)cc1. The standard InChI is InChI=1S/C20H15ClN4OS/c21-16-9-7-15(8-10-16)18-12-17(26-25-18)13-27-20-22-19(23-24-20)11-6-14-4-2-1-3-5-14/h1-12H,13H2,(H,22,23,24)/b11-6+. The van der Waals surface area contributed by atoms with Crippen molar-refractivity contribution in [2.45, 2.75) is 10.9 Å². The zero-order chi connectivity index (χ0) is 18.5. The van der Waals surface area contributed by atoms with Gasteiger partial charge >= 0.3 is 0 Å². The minimum absolute atomic E-state index is 0.598. The van der Waals surface area contributed by atoms with Crippen LogP contribution in [0.15, 0.2) is 70.3 Å². The first-order valence-corrected chi connectivity index (χ1v) is 9.62. The monoisotopic (exact) mass is 394 g/mol. The van der Waals surface area contributed by atoms with Gasteiger partial charge in [0.05, 0.1) is 5.75 Å². The van der Waals surface area contributed by atoms with Gasteiger partial charge in [-0.3, -0.25) is 5.10 Å². The van der Waals surface area contributed by atoms with Crippen LogP contribution in [0.5, 0.6) is 0 Å². The van der Waals surface area contributed by atoms with Crippen LogP contribution in [0.25, 0.3) is 23.4 Å². The summed E-state index contributed by atoms with van der Waals surface area (Å²) < 4.78 is 5.40. The lowest BCUT2D eigenvalue weighted by Gasteiger charge is -1.94. The molecule has 0 amide bonds. The van der Waals surface area contributed by atoms with Crippen LogP contribution in [0.4, 0.5) is 0 Å². The highest BCUT2D eigenvalue weighted by atomic mass is 35.5. The average molecular weight is 395 g/mol. The highest BCUT2D eigenvalue weighted by molar-refractivity contribution is 7.98. The van der Waals surface area contributed by atoms with Crippen molar-refractivity contribution in [1.29, 1.82) is 0 Å². The quantitative estimate of drug-likeness (QED) is 0.432. The molecule has 0 spiro atoms. The van der Waals surface area contributed by atoms with E-state index in [2.05, 4.69) is 20.3 Å². The van der Waals surface area contributed by atoms with Crippen molar-refractivity contribution in [1.82, 2.24) is 20.3 Å². The van der Waals surface area contributed by atoms with Crippen LogP contribution in [0.3, 0.4) is 0 Å². The second-order valence-corrected chi connectivity index (χ2v) is 7.10. The molecule has 0 radical (unpaired) electrons. The third-order valence-electron chi connectivity index (χ3n) is 3.76. The van der Waals surface area contributed by atoms with Gasteiger partial charge in [0.2, 0.25) is 5.16 Å². The van der Waals surface area contributed by atoms with Crippen LogP contribution < -0.4 is 0 Å². The molecular weight excluding hydrogens is 380 g/mol. The number of rotatable bonds is 6. The summed E-state index contributed by atoms with van der Waals surface area (Å²) in [4.78, 5) is 4.45. The lowest BCUT2D eigenvalue weighted by Crippen LogP contribution is -1.79. The van der Waals surface area contributed by atoms with Crippen molar-refractivity contribution in [2.24, 2.45) is 0 Å². The van der Waals surface area contributed by atoms with Crippen molar-refractivity contribution in [3.8, 4) is 11.3 Å². The Morgan fingerprint density at radius 3 is 2.67 bits per heavy atom. The molecule has 5 nitrogen and oxygen atoms in total. The Morgan fingerprint density at radius 1 is 1.04 bits per heavy atom. The molecule has 0 saturated heterocycles. The van der Waals surface area contributed by atoms with Gasteiger partial charge in [-0.25, -0.2) is 4.98 Å². The fraction of sp³-hybridized carbons (Fsp3) is 0.0500. The van der Waals surface area contributed by atoms with Crippen LogP contribution in [0, 0.1) is 0 Å². The van der Waals surface area contributed by atoms with Gasteiger partial charge in [-0.15, -0.1) is 5.10 Å². The Hall–Kier alpha value is -2.83. The van der Waals surface area contributed by atoms with E-state index in [1.165, 1.54) is 11.8 Å². The predicted molar refractivity (Wildman–Crippen MR) is 108 cm³/mol. The van der Waals surface area contributed by atoms with Crippen molar-refractivity contribution in [3.63, 3.8) is 0 Å². The van der Waals surface area contributed by atoms with E-state index < -0.39 is 0 Å². The maximum absolute atomic E-state index is 5.91. The van der Waals surface area contributed by atoms with Gasteiger partial charge in [-0.05, 0) is 23.8 Å². The van der Waals surface area contributed by atoms with Crippen molar-refractivity contribution < 1.29 is 4.52 Å². The second-order valence-electron chi connectivity index (χ2n) is 5.72. The number of thioether (sulfide) groups is 1. The van der Waals surface area contributed by atoms with Crippen molar-refractivity contribution >= 4 is 35.5 Å². The maximum Gasteiger partial charge on any atom is 0.209 e. The number of benzene rings is 2. The molecule has 0 bridgehead atoms. The maximum atomic E-state index is 5.91. The van der Waals surface area contributed by atoms with Gasteiger partial charge in [-0.2, -0.15) is 0 Å². The van der Waals surface area contributed by atoms with E-state index in [1.54, 1.807) is 0 Å². The minimum Gasteiger partial charge on any atom is -0.360 e. The third kappa shape index (κ3) is 4.67. The van der Waals surface area contributed by atoms with E-state index in [1.807, 2.05) is 72.8 Å². The van der Waals surface area contributed by atoms with E-state index in [-0.39, 0.29) is 0 Å². The van der Waals surface area contributed by atoms with E-state index in [0.717, 1.165) is 22.6 Å². The van der Waals surface area contributed by atoms with Crippen molar-refractivity contribution in [2.75, 3.05) is 0 Å². The van der Waals surface area contributed by atoms with E-state index in [9.17, 15) is 0 Å². The molecule has 0 unspecified atom stereocenters. The molecule has 2 aromatic heterocycles. The van der Waals surface area contributed by atoms with Gasteiger partial charge in [0.1, 0.15) is 17.3 Å². The van der Waals surface area contributed by atoms with Gasteiger partial charge in [0.25, 0.3) is 0 Å². The molecule has 7 heteroatoms. The smallest absolute Gasteiger partial charge is 0.209 e. The molecule has 0 fully saturated rings. The molecule has 1 N–H and O–H groups in total. The first-order chi connectivity index (χ1) is 13.3. The van der Waals surface area contributed by atoms with Crippen LogP contribution >= 0.6 is 23.4 Å². The van der Waals surface area contributed by atoms with E-state index in [0.29, 0.717) is 21.8 Å². The molecule has 4 rings (SSSR count). The predicted octanol–water partition coefficient (Wildman–Crippen LogP) is 5.58. The Morgan fingerprint density at radius 2 is 1.85 bits per heavy atom. The summed E-state index contributed by atoms with van der Waals surface area (Å²) in [6.07, 6.45) is 3.89. The molecule has 0 aliphatic rings. The molecule has 2 heterocycles. The fourth-order valence-electron chi connectivity index (χ4n) is 2.41. The molecular formula is C20H15ClN4OS. The number of aromatic nitrogens is 4. The number of nitrogens with zero attached hydrogens (tertiary/aromatic N) is 3. The van der Waals surface area contributed by atoms with Gasteiger partial charge < -0.3 is 4.52 Å². The molecule has 0 saturated carbocycles. The first kappa shape index (κ1) is 17.6. The Balaban J connectivity index is 1.36. The van der Waals surface area contributed by atoms with Crippen molar-refractivity contribution in [3.05, 3.63) is 82.8 Å². The lowest BCUT2D eigenvalue weighted by molar-refractivity contribution is 0.397.